The summed E-state index contributed by atoms with van der Waals surface area (Å²) in [6, 6.07) is 17.2. The number of hydrogen-bond donors (Lipinski definition) is 1. The average Bonchev–Trinajstić information content (AvgIpc) is 3.05. The fourth-order valence-electron chi connectivity index (χ4n) is 2.55. The van der Waals surface area contributed by atoms with E-state index in [0.29, 0.717) is 11.6 Å². The lowest BCUT2D eigenvalue weighted by Crippen LogP contribution is -2.29. The van der Waals surface area contributed by atoms with E-state index in [4.69, 9.17) is 16.0 Å². The number of rotatable bonds is 6. The summed E-state index contributed by atoms with van der Waals surface area (Å²) in [4.78, 5) is 13.9. The molecule has 4 nitrogen and oxygen atoms in total. The van der Waals surface area contributed by atoms with E-state index in [9.17, 15) is 9.18 Å². The van der Waals surface area contributed by atoms with Gasteiger partial charge in [0.05, 0.1) is 18.8 Å². The maximum Gasteiger partial charge on any atom is 0.238 e. The van der Waals surface area contributed by atoms with Crippen molar-refractivity contribution in [1.29, 1.82) is 0 Å². The van der Waals surface area contributed by atoms with Crippen molar-refractivity contribution < 1.29 is 13.6 Å². The molecular weight excluding hydrogens is 355 g/mol. The van der Waals surface area contributed by atoms with Gasteiger partial charge in [-0.1, -0.05) is 23.7 Å². The van der Waals surface area contributed by atoms with Crippen molar-refractivity contribution >= 4 is 23.2 Å². The third-order valence-corrected chi connectivity index (χ3v) is 4.03. The van der Waals surface area contributed by atoms with Crippen molar-refractivity contribution in [2.24, 2.45) is 0 Å². The Labute approximate surface area is 156 Å². The average molecular weight is 373 g/mol. The SMILES string of the molecule is CN(CC(=O)Nc1ccccc1F)Cc1ccc(-c2ccc(Cl)cc2)o1. The van der Waals surface area contributed by atoms with Crippen LogP contribution in [0.25, 0.3) is 11.3 Å². The maximum atomic E-state index is 13.6. The van der Waals surface area contributed by atoms with E-state index in [0.717, 1.165) is 17.1 Å². The van der Waals surface area contributed by atoms with Crippen molar-refractivity contribution in [1.82, 2.24) is 4.90 Å². The number of benzene rings is 2. The maximum absolute atomic E-state index is 13.6. The van der Waals surface area contributed by atoms with Crippen LogP contribution in [0.2, 0.25) is 5.02 Å². The van der Waals surface area contributed by atoms with Gasteiger partial charge < -0.3 is 9.73 Å². The van der Waals surface area contributed by atoms with E-state index in [1.165, 1.54) is 12.1 Å². The number of para-hydroxylation sites is 1. The van der Waals surface area contributed by atoms with Crippen LogP contribution in [0.15, 0.2) is 65.1 Å². The van der Waals surface area contributed by atoms with Gasteiger partial charge in [0.15, 0.2) is 0 Å². The van der Waals surface area contributed by atoms with E-state index in [1.54, 1.807) is 36.2 Å². The second-order valence-corrected chi connectivity index (χ2v) is 6.41. The molecule has 0 aliphatic rings. The molecule has 0 saturated heterocycles. The Hall–Kier alpha value is -2.63. The number of amides is 1. The van der Waals surface area contributed by atoms with Gasteiger partial charge >= 0.3 is 0 Å². The predicted octanol–water partition coefficient (Wildman–Crippen LogP) is 4.81. The van der Waals surface area contributed by atoms with Gasteiger partial charge in [0.1, 0.15) is 17.3 Å². The van der Waals surface area contributed by atoms with Crippen molar-refractivity contribution in [3.63, 3.8) is 0 Å². The topological polar surface area (TPSA) is 45.5 Å². The Bertz CT molecular complexity index is 893. The van der Waals surface area contributed by atoms with Crippen LogP contribution < -0.4 is 5.32 Å². The number of carbonyl (C=O) groups is 1. The van der Waals surface area contributed by atoms with E-state index >= 15 is 0 Å². The van der Waals surface area contributed by atoms with Crippen LogP contribution in [-0.2, 0) is 11.3 Å². The van der Waals surface area contributed by atoms with Crippen molar-refractivity contribution in [3.05, 3.63) is 77.3 Å². The minimum atomic E-state index is -0.456. The van der Waals surface area contributed by atoms with Gasteiger partial charge in [-0.25, -0.2) is 4.39 Å². The van der Waals surface area contributed by atoms with Gasteiger partial charge in [0.25, 0.3) is 0 Å². The lowest BCUT2D eigenvalue weighted by molar-refractivity contribution is -0.117. The van der Waals surface area contributed by atoms with E-state index in [2.05, 4.69) is 5.32 Å². The summed E-state index contributed by atoms with van der Waals surface area (Å²) in [5, 5.41) is 3.23. The predicted molar refractivity (Wildman–Crippen MR) is 101 cm³/mol. The minimum Gasteiger partial charge on any atom is -0.460 e. The van der Waals surface area contributed by atoms with Crippen LogP contribution in [0.4, 0.5) is 10.1 Å². The van der Waals surface area contributed by atoms with Crippen molar-refractivity contribution in [3.8, 4) is 11.3 Å². The Morgan fingerprint density at radius 3 is 2.58 bits per heavy atom. The molecule has 3 rings (SSSR count). The summed E-state index contributed by atoms with van der Waals surface area (Å²) in [5.74, 6) is 0.723. The molecule has 0 bridgehead atoms. The van der Waals surface area contributed by atoms with Crippen LogP contribution in [0.1, 0.15) is 5.76 Å². The molecule has 0 radical (unpaired) electrons. The van der Waals surface area contributed by atoms with Gasteiger partial charge in [0, 0.05) is 10.6 Å². The van der Waals surface area contributed by atoms with E-state index in [-0.39, 0.29) is 18.1 Å². The quantitative estimate of drug-likeness (QED) is 0.675. The van der Waals surface area contributed by atoms with Crippen molar-refractivity contribution in [2.75, 3.05) is 18.9 Å². The first kappa shape index (κ1) is 18.2. The van der Waals surface area contributed by atoms with Crippen LogP contribution in [0.5, 0.6) is 0 Å². The van der Waals surface area contributed by atoms with Crippen LogP contribution in [0.3, 0.4) is 0 Å². The molecule has 0 aliphatic carbocycles. The first-order valence-corrected chi connectivity index (χ1v) is 8.46. The molecule has 26 heavy (non-hydrogen) atoms. The molecule has 0 atom stereocenters. The zero-order valence-corrected chi connectivity index (χ0v) is 15.0. The largest absolute Gasteiger partial charge is 0.460 e. The molecule has 0 saturated carbocycles. The first-order valence-electron chi connectivity index (χ1n) is 8.09. The van der Waals surface area contributed by atoms with Crippen molar-refractivity contribution in [2.45, 2.75) is 6.54 Å². The van der Waals surface area contributed by atoms with Crippen LogP contribution in [-0.4, -0.2) is 24.4 Å². The summed E-state index contributed by atoms with van der Waals surface area (Å²) in [7, 11) is 1.80. The summed E-state index contributed by atoms with van der Waals surface area (Å²) < 4.78 is 19.4. The van der Waals surface area contributed by atoms with Gasteiger partial charge in [-0.3, -0.25) is 9.69 Å². The number of likely N-dealkylation sites (N-methyl/N-ethyl adjacent to an activating group) is 1. The number of hydrogen-bond acceptors (Lipinski definition) is 3. The second kappa shape index (κ2) is 8.17. The highest BCUT2D eigenvalue weighted by molar-refractivity contribution is 6.30. The van der Waals surface area contributed by atoms with Crippen LogP contribution in [0, 0.1) is 5.82 Å². The van der Waals surface area contributed by atoms with E-state index < -0.39 is 5.82 Å². The fraction of sp³-hybridized carbons (Fsp3) is 0.150. The second-order valence-electron chi connectivity index (χ2n) is 5.97. The molecule has 0 fully saturated rings. The molecule has 3 aromatic rings. The highest BCUT2D eigenvalue weighted by Gasteiger charge is 2.12. The number of anilines is 1. The molecule has 1 aromatic heterocycles. The normalized spacial score (nSPS) is 10.9. The van der Waals surface area contributed by atoms with Gasteiger partial charge in [-0.2, -0.15) is 0 Å². The van der Waals surface area contributed by atoms with Gasteiger partial charge in [-0.05, 0) is 55.6 Å². The summed E-state index contributed by atoms with van der Waals surface area (Å²) in [6.07, 6.45) is 0. The molecule has 1 heterocycles. The Morgan fingerprint density at radius 2 is 1.85 bits per heavy atom. The summed E-state index contributed by atoms with van der Waals surface area (Å²) >= 11 is 5.89. The Kier molecular flexibility index (Phi) is 5.71. The third kappa shape index (κ3) is 4.71. The zero-order chi connectivity index (χ0) is 18.5. The molecule has 6 heteroatoms. The van der Waals surface area contributed by atoms with Crippen LogP contribution >= 0.6 is 11.6 Å². The molecular formula is C20H18ClFN2O2. The van der Waals surface area contributed by atoms with E-state index in [1.807, 2.05) is 24.3 Å². The Balaban J connectivity index is 1.56. The highest BCUT2D eigenvalue weighted by Crippen LogP contribution is 2.24. The third-order valence-electron chi connectivity index (χ3n) is 3.78. The number of halogens is 2. The molecule has 0 aliphatic heterocycles. The smallest absolute Gasteiger partial charge is 0.238 e. The zero-order valence-electron chi connectivity index (χ0n) is 14.2. The fourth-order valence-corrected chi connectivity index (χ4v) is 2.68. The number of carbonyl (C=O) groups excluding carboxylic acids is 1. The molecule has 134 valence electrons. The van der Waals surface area contributed by atoms with Gasteiger partial charge in [0.2, 0.25) is 5.91 Å². The molecule has 2 aromatic carbocycles. The Morgan fingerprint density at radius 1 is 1.12 bits per heavy atom. The number of furan rings is 1. The molecule has 1 N–H and O–H groups in total. The lowest BCUT2D eigenvalue weighted by atomic mass is 10.2. The number of nitrogens with one attached hydrogen (secondary N) is 1. The lowest BCUT2D eigenvalue weighted by Gasteiger charge is -2.15. The number of nitrogens with zero attached hydrogens (tertiary/aromatic N) is 1. The molecule has 1 amide bonds. The summed E-state index contributed by atoms with van der Waals surface area (Å²) in [6.45, 7) is 0.573. The highest BCUT2D eigenvalue weighted by atomic mass is 35.5. The minimum absolute atomic E-state index is 0.116. The molecule has 0 unspecified atom stereocenters. The first-order chi connectivity index (χ1) is 12.5. The molecule has 0 spiro atoms. The van der Waals surface area contributed by atoms with Gasteiger partial charge in [-0.15, -0.1) is 0 Å². The summed E-state index contributed by atoms with van der Waals surface area (Å²) in [5.41, 5.74) is 1.11. The monoisotopic (exact) mass is 372 g/mol. The standard InChI is InChI=1S/C20H18ClFN2O2/c1-24(13-20(25)23-18-5-3-2-4-17(18)22)12-16-10-11-19(26-16)14-6-8-15(21)9-7-14/h2-11H,12-13H2,1H3,(H,23,25).